The summed E-state index contributed by atoms with van der Waals surface area (Å²) in [6.45, 7) is 0. The van der Waals surface area contributed by atoms with Crippen molar-refractivity contribution in [3.05, 3.63) is 47.2 Å². The molecule has 0 aliphatic heterocycles. The molecule has 0 unspecified atom stereocenters. The SMILES string of the molecule is Nc1cnc(C(F)(F)F)cc1Sc1ccc(Cl)cc1. The van der Waals surface area contributed by atoms with Gasteiger partial charge in [0.05, 0.1) is 11.9 Å². The van der Waals surface area contributed by atoms with E-state index in [-0.39, 0.29) is 5.69 Å². The van der Waals surface area contributed by atoms with E-state index in [2.05, 4.69) is 4.98 Å². The Bertz CT molecular complexity index is 585. The number of pyridine rings is 1. The van der Waals surface area contributed by atoms with Crippen molar-refractivity contribution in [2.75, 3.05) is 5.73 Å². The quantitative estimate of drug-likeness (QED) is 0.888. The zero-order valence-electron chi connectivity index (χ0n) is 9.41. The second-order valence-electron chi connectivity index (χ2n) is 3.66. The number of nitrogen functional groups attached to an aromatic ring is 1. The summed E-state index contributed by atoms with van der Waals surface area (Å²) in [5, 5.41) is 0.558. The Morgan fingerprint density at radius 2 is 1.79 bits per heavy atom. The Balaban J connectivity index is 2.31. The van der Waals surface area contributed by atoms with Crippen LogP contribution in [0.1, 0.15) is 5.69 Å². The van der Waals surface area contributed by atoms with E-state index in [4.69, 9.17) is 17.3 Å². The van der Waals surface area contributed by atoms with Gasteiger partial charge in [0.25, 0.3) is 0 Å². The van der Waals surface area contributed by atoms with Gasteiger partial charge in [-0.25, -0.2) is 4.98 Å². The van der Waals surface area contributed by atoms with E-state index in [0.717, 1.165) is 28.9 Å². The summed E-state index contributed by atoms with van der Waals surface area (Å²) >= 11 is 6.87. The van der Waals surface area contributed by atoms with Crippen molar-refractivity contribution in [1.82, 2.24) is 4.98 Å². The van der Waals surface area contributed by atoms with Crippen LogP contribution in [0.3, 0.4) is 0 Å². The maximum absolute atomic E-state index is 12.6. The fourth-order valence-electron chi connectivity index (χ4n) is 1.32. The highest BCUT2D eigenvalue weighted by molar-refractivity contribution is 7.99. The molecule has 0 amide bonds. The van der Waals surface area contributed by atoms with Crippen LogP contribution in [0.2, 0.25) is 5.02 Å². The van der Waals surface area contributed by atoms with Crippen LogP contribution in [0.25, 0.3) is 0 Å². The number of hydrogen-bond acceptors (Lipinski definition) is 3. The lowest BCUT2D eigenvalue weighted by Gasteiger charge is -2.10. The standard InChI is InChI=1S/C12H8ClF3N2S/c13-7-1-3-8(4-2-7)19-10-5-11(12(14,15)16)18-6-9(10)17/h1-6H,17H2. The van der Waals surface area contributed by atoms with Crippen LogP contribution in [0, 0.1) is 0 Å². The van der Waals surface area contributed by atoms with Crippen LogP contribution >= 0.6 is 23.4 Å². The summed E-state index contributed by atoms with van der Waals surface area (Å²) in [5.41, 5.74) is 4.88. The number of anilines is 1. The molecule has 100 valence electrons. The Morgan fingerprint density at radius 1 is 1.16 bits per heavy atom. The lowest BCUT2D eigenvalue weighted by Crippen LogP contribution is -2.08. The van der Waals surface area contributed by atoms with Gasteiger partial charge in [0.2, 0.25) is 0 Å². The molecule has 0 saturated carbocycles. The topological polar surface area (TPSA) is 38.9 Å². The Hall–Kier alpha value is -1.40. The van der Waals surface area contributed by atoms with Gasteiger partial charge in [0.1, 0.15) is 5.69 Å². The zero-order valence-corrected chi connectivity index (χ0v) is 11.0. The van der Waals surface area contributed by atoms with Crippen molar-refractivity contribution in [2.45, 2.75) is 16.0 Å². The number of rotatable bonds is 2. The molecule has 0 spiro atoms. The van der Waals surface area contributed by atoms with Gasteiger partial charge in [-0.3, -0.25) is 0 Å². The number of aromatic nitrogens is 1. The summed E-state index contributed by atoms with van der Waals surface area (Å²) in [5.74, 6) is 0. The molecule has 19 heavy (non-hydrogen) atoms. The maximum Gasteiger partial charge on any atom is 0.433 e. The lowest BCUT2D eigenvalue weighted by atomic mass is 10.3. The molecular formula is C12H8ClF3N2S. The molecule has 0 radical (unpaired) electrons. The molecule has 1 heterocycles. The number of benzene rings is 1. The third-order valence-electron chi connectivity index (χ3n) is 2.23. The zero-order chi connectivity index (χ0) is 14.0. The molecular weight excluding hydrogens is 297 g/mol. The average Bonchev–Trinajstić information content (AvgIpc) is 2.33. The highest BCUT2D eigenvalue weighted by Crippen LogP contribution is 2.36. The molecule has 0 aliphatic carbocycles. The first kappa shape index (κ1) is 14.0. The summed E-state index contributed by atoms with van der Waals surface area (Å²) in [7, 11) is 0. The van der Waals surface area contributed by atoms with Crippen molar-refractivity contribution in [3.8, 4) is 0 Å². The summed E-state index contributed by atoms with van der Waals surface area (Å²) in [4.78, 5) is 4.34. The van der Waals surface area contributed by atoms with Gasteiger partial charge in [-0.05, 0) is 30.3 Å². The Kier molecular flexibility index (Phi) is 3.91. The molecule has 0 bridgehead atoms. The van der Waals surface area contributed by atoms with Crippen molar-refractivity contribution >= 4 is 29.1 Å². The van der Waals surface area contributed by atoms with Gasteiger partial charge in [-0.2, -0.15) is 13.2 Å². The highest BCUT2D eigenvalue weighted by atomic mass is 35.5. The molecule has 0 aliphatic rings. The Labute approximate surface area is 116 Å². The molecule has 2 nitrogen and oxygen atoms in total. The van der Waals surface area contributed by atoms with Crippen molar-refractivity contribution in [1.29, 1.82) is 0 Å². The lowest BCUT2D eigenvalue weighted by molar-refractivity contribution is -0.141. The predicted molar refractivity (Wildman–Crippen MR) is 69.2 cm³/mol. The molecule has 2 N–H and O–H groups in total. The monoisotopic (exact) mass is 304 g/mol. The minimum Gasteiger partial charge on any atom is -0.397 e. The van der Waals surface area contributed by atoms with Gasteiger partial charge in [-0.1, -0.05) is 23.4 Å². The minimum atomic E-state index is -4.48. The molecule has 7 heteroatoms. The van der Waals surface area contributed by atoms with Gasteiger partial charge in [0, 0.05) is 14.8 Å². The smallest absolute Gasteiger partial charge is 0.397 e. The number of nitrogens with zero attached hydrogens (tertiary/aromatic N) is 1. The van der Waals surface area contributed by atoms with E-state index < -0.39 is 11.9 Å². The van der Waals surface area contributed by atoms with Gasteiger partial charge < -0.3 is 5.73 Å². The normalized spacial score (nSPS) is 11.6. The molecule has 1 aromatic heterocycles. The number of alkyl halides is 3. The first-order valence-electron chi connectivity index (χ1n) is 5.12. The fraction of sp³-hybridized carbons (Fsp3) is 0.0833. The van der Waals surface area contributed by atoms with E-state index in [0.29, 0.717) is 9.92 Å². The van der Waals surface area contributed by atoms with Gasteiger partial charge >= 0.3 is 6.18 Å². The molecule has 2 rings (SSSR count). The maximum atomic E-state index is 12.6. The molecule has 0 saturated heterocycles. The van der Waals surface area contributed by atoms with E-state index in [9.17, 15) is 13.2 Å². The summed E-state index contributed by atoms with van der Waals surface area (Å²) in [6.07, 6.45) is -3.47. The van der Waals surface area contributed by atoms with Crippen molar-refractivity contribution in [2.24, 2.45) is 0 Å². The largest absolute Gasteiger partial charge is 0.433 e. The first-order chi connectivity index (χ1) is 8.86. The van der Waals surface area contributed by atoms with Crippen LogP contribution < -0.4 is 5.73 Å². The molecule has 0 atom stereocenters. The van der Waals surface area contributed by atoms with Crippen LogP contribution in [0.15, 0.2) is 46.3 Å². The molecule has 2 aromatic rings. The molecule has 1 aromatic carbocycles. The van der Waals surface area contributed by atoms with Crippen LogP contribution in [0.4, 0.5) is 18.9 Å². The number of hydrogen-bond donors (Lipinski definition) is 1. The van der Waals surface area contributed by atoms with Crippen molar-refractivity contribution in [3.63, 3.8) is 0 Å². The van der Waals surface area contributed by atoms with E-state index >= 15 is 0 Å². The highest BCUT2D eigenvalue weighted by Gasteiger charge is 2.32. The average molecular weight is 305 g/mol. The third-order valence-corrected chi connectivity index (χ3v) is 3.56. The van der Waals surface area contributed by atoms with Crippen molar-refractivity contribution < 1.29 is 13.2 Å². The third kappa shape index (κ3) is 3.54. The van der Waals surface area contributed by atoms with E-state index in [1.807, 2.05) is 0 Å². The minimum absolute atomic E-state index is 0.202. The van der Waals surface area contributed by atoms with Gasteiger partial charge in [-0.15, -0.1) is 0 Å². The number of halogens is 4. The van der Waals surface area contributed by atoms with E-state index in [1.165, 1.54) is 0 Å². The second kappa shape index (κ2) is 5.30. The van der Waals surface area contributed by atoms with Crippen LogP contribution in [-0.4, -0.2) is 4.98 Å². The first-order valence-corrected chi connectivity index (χ1v) is 6.32. The summed E-state index contributed by atoms with van der Waals surface area (Å²) < 4.78 is 37.7. The molecule has 0 fully saturated rings. The fourth-order valence-corrected chi connectivity index (χ4v) is 2.31. The number of nitrogens with two attached hydrogens (primary N) is 1. The van der Waals surface area contributed by atoms with Crippen LogP contribution in [-0.2, 0) is 6.18 Å². The summed E-state index contributed by atoms with van der Waals surface area (Å²) in [6, 6.07) is 7.67. The van der Waals surface area contributed by atoms with Gasteiger partial charge in [0.15, 0.2) is 0 Å². The second-order valence-corrected chi connectivity index (χ2v) is 5.21. The van der Waals surface area contributed by atoms with E-state index in [1.54, 1.807) is 24.3 Å². The predicted octanol–water partition coefficient (Wildman–Crippen LogP) is 4.49. The van der Waals surface area contributed by atoms with Crippen LogP contribution in [0.5, 0.6) is 0 Å². The Morgan fingerprint density at radius 3 is 2.37 bits per heavy atom.